The molecule has 1 unspecified atom stereocenters. The van der Waals surface area contributed by atoms with Crippen molar-refractivity contribution in [2.75, 3.05) is 25.6 Å². The van der Waals surface area contributed by atoms with Crippen molar-refractivity contribution < 1.29 is 80.7 Å². The zero-order chi connectivity index (χ0) is 52.7. The van der Waals surface area contributed by atoms with Crippen LogP contribution in [0.1, 0.15) is 70.0 Å². The molecule has 0 saturated heterocycles. The summed E-state index contributed by atoms with van der Waals surface area (Å²) in [6.07, 6.45) is -5.13. The Morgan fingerprint density at radius 3 is 1.20 bits per heavy atom. The minimum Gasteiger partial charge on any atom is -0.743 e. The van der Waals surface area contributed by atoms with Crippen LogP contribution in [0.4, 0.5) is 27.6 Å². The topological polar surface area (TPSA) is 144 Å². The van der Waals surface area contributed by atoms with Crippen molar-refractivity contribution in [1.82, 2.24) is 0 Å². The second-order valence-corrected chi connectivity index (χ2v) is 24.4. The summed E-state index contributed by atoms with van der Waals surface area (Å²) in [5, 5.41) is 11.4. The zero-order valence-corrected chi connectivity index (χ0v) is 44.0. The predicted molar refractivity (Wildman–Crippen MR) is 259 cm³/mol. The van der Waals surface area contributed by atoms with E-state index in [1.165, 1.54) is 45.1 Å². The molecule has 0 spiro atoms. The van der Waals surface area contributed by atoms with Gasteiger partial charge in [-0.25, -0.2) is 18.0 Å². The second kappa shape index (κ2) is 25.2. The first-order valence-corrected chi connectivity index (χ1v) is 26.2. The standard InChI is InChI=1S/C20H26I.C18H15S.C11H13F2NO5S.C4H5F3O3/c1-19(2,3)15-7-11-17(12-8-15)21-18-13-9-16(10-14-18)20(4,5)6;1-4-10-16(11-5-1)19(17-12-6-2-7-13-17)18-14-8-3-9-15-18;1-14(2)9-5-3-8(4-6-9)10(15)19-7-11(12,13)20(16,17)18;1-3(10,2(8)9)4(5,6)7/h7-14H,1-6H3;1-15H;3-6H,7H2,1-2H3,(H,16,17,18);10H,1H3,(H,8,9)/q2*+1;;/p-1. The molecule has 0 bridgehead atoms. The number of carbonyl (C=O) groups is 2. The van der Waals surface area contributed by atoms with Crippen LogP contribution < -0.4 is 26.1 Å². The number of benzene rings is 6. The number of hydrogen-bond donors (Lipinski definition) is 2. The van der Waals surface area contributed by atoms with Gasteiger partial charge in [0.15, 0.2) is 38.6 Å². The molecule has 0 fully saturated rings. The summed E-state index contributed by atoms with van der Waals surface area (Å²) < 4.78 is 97.7. The Balaban J connectivity index is 0.000000254. The highest BCUT2D eigenvalue weighted by Crippen LogP contribution is 2.31. The van der Waals surface area contributed by atoms with Gasteiger partial charge in [-0.3, -0.25) is 0 Å². The number of esters is 1. The summed E-state index contributed by atoms with van der Waals surface area (Å²) in [5.74, 6) is -3.45. The zero-order valence-electron chi connectivity index (χ0n) is 40.2. The third kappa shape index (κ3) is 18.1. The molecule has 376 valence electrons. The molecule has 0 amide bonds. The summed E-state index contributed by atoms with van der Waals surface area (Å²) in [7, 11) is -2.34. The average molecular weight is 1120 g/mol. The van der Waals surface area contributed by atoms with Crippen LogP contribution in [0.3, 0.4) is 0 Å². The minimum absolute atomic E-state index is 0.0146. The third-order valence-electron chi connectivity index (χ3n) is 9.90. The van der Waals surface area contributed by atoms with Gasteiger partial charge in [-0.2, -0.15) is 22.0 Å². The lowest BCUT2D eigenvalue weighted by Crippen LogP contribution is -3.61. The first-order valence-electron chi connectivity index (χ1n) is 21.4. The Bertz CT molecular complexity index is 2510. The lowest BCUT2D eigenvalue weighted by atomic mass is 9.87. The molecule has 6 rings (SSSR count). The highest BCUT2D eigenvalue weighted by molar-refractivity contribution is 7.97. The van der Waals surface area contributed by atoms with Crippen molar-refractivity contribution in [1.29, 1.82) is 0 Å². The van der Waals surface area contributed by atoms with Crippen molar-refractivity contribution >= 4 is 38.6 Å². The van der Waals surface area contributed by atoms with E-state index in [1.807, 2.05) is 0 Å². The number of alkyl halides is 5. The first-order chi connectivity index (χ1) is 32.3. The van der Waals surface area contributed by atoms with Crippen molar-refractivity contribution in [3.63, 3.8) is 0 Å². The summed E-state index contributed by atoms with van der Waals surface area (Å²) in [5.41, 5.74) is 0.407. The molecular weight excluding hydrogens is 1060 g/mol. The van der Waals surface area contributed by atoms with Crippen molar-refractivity contribution in [3.05, 3.63) is 188 Å². The third-order valence-corrected chi connectivity index (χ3v) is 15.7. The molecule has 6 aromatic carbocycles. The molecule has 0 aliphatic heterocycles. The van der Waals surface area contributed by atoms with Gasteiger partial charge in [0.2, 0.25) is 0 Å². The smallest absolute Gasteiger partial charge is 0.427 e. The Hall–Kier alpha value is -5.34. The molecule has 0 aliphatic rings. The number of aliphatic hydroxyl groups is 1. The average Bonchev–Trinajstić information content (AvgIpc) is 3.29. The molecule has 1 atom stereocenters. The van der Waals surface area contributed by atoms with E-state index in [4.69, 9.17) is 10.2 Å². The Morgan fingerprint density at radius 2 is 0.943 bits per heavy atom. The van der Waals surface area contributed by atoms with Gasteiger partial charge in [-0.1, -0.05) is 120 Å². The first kappa shape index (κ1) is 59.0. The predicted octanol–water partition coefficient (Wildman–Crippen LogP) is 8.62. The van der Waals surface area contributed by atoms with E-state index < -0.39 is 45.7 Å². The van der Waals surface area contributed by atoms with Crippen LogP contribution in [0.15, 0.2) is 178 Å². The number of halogens is 6. The van der Waals surface area contributed by atoms with Crippen LogP contribution in [0, 0.1) is 7.14 Å². The van der Waals surface area contributed by atoms with Crippen LogP contribution in [0.2, 0.25) is 0 Å². The molecular formula is C53H58F5INO8S2+. The lowest BCUT2D eigenvalue weighted by molar-refractivity contribution is -0.597. The van der Waals surface area contributed by atoms with E-state index in [0.717, 1.165) is 5.69 Å². The van der Waals surface area contributed by atoms with Gasteiger partial charge in [-0.05, 0) is 114 Å². The fourth-order valence-electron chi connectivity index (χ4n) is 5.55. The van der Waals surface area contributed by atoms with Crippen LogP contribution in [-0.2, 0) is 41.4 Å². The van der Waals surface area contributed by atoms with E-state index in [0.29, 0.717) is 0 Å². The number of anilines is 1. The molecule has 0 heterocycles. The van der Waals surface area contributed by atoms with Gasteiger partial charge in [0.25, 0.3) is 5.60 Å². The Labute approximate surface area is 421 Å². The number of aliphatic carboxylic acids is 1. The summed E-state index contributed by atoms with van der Waals surface area (Å²) >= 11 is -0.0703. The maximum Gasteiger partial charge on any atom is 0.427 e. The summed E-state index contributed by atoms with van der Waals surface area (Å²) in [4.78, 5) is 27.0. The number of carboxylic acids is 1. The molecule has 0 aliphatic carbocycles. The van der Waals surface area contributed by atoms with E-state index in [9.17, 15) is 44.5 Å². The van der Waals surface area contributed by atoms with Crippen LogP contribution in [0.5, 0.6) is 0 Å². The number of rotatable bonds is 11. The molecule has 9 nitrogen and oxygen atoms in total. The van der Waals surface area contributed by atoms with E-state index in [-0.39, 0.29) is 55.4 Å². The maximum absolute atomic E-state index is 12.8. The van der Waals surface area contributed by atoms with Crippen LogP contribution in [-0.4, -0.2) is 72.9 Å². The molecule has 0 radical (unpaired) electrons. The molecule has 2 N–H and O–H groups in total. The molecule has 0 aromatic heterocycles. The van der Waals surface area contributed by atoms with Gasteiger partial charge in [0, 0.05) is 19.8 Å². The number of nitrogens with zero attached hydrogens (tertiary/aromatic N) is 1. The van der Waals surface area contributed by atoms with Crippen LogP contribution in [0.25, 0.3) is 0 Å². The van der Waals surface area contributed by atoms with Gasteiger partial charge in [0.05, 0.1) is 16.5 Å². The SMILES string of the molecule is CC(C)(C)c1ccc([I+]c2ccc(C(C)(C)C)cc2)cc1.CC(O)(C(=O)O)C(F)(F)F.CN(C)c1ccc(C(=O)OCC(F)(F)S(=O)(=O)[O-])cc1.c1ccc([S+](c2ccccc2)c2ccccc2)cc1. The number of carboxylic acid groups (broad SMARTS) is 1. The number of ether oxygens (including phenoxy) is 1. The molecule has 6 aromatic rings. The Morgan fingerprint density at radius 1 is 0.600 bits per heavy atom. The molecule has 70 heavy (non-hydrogen) atoms. The Kier molecular flexibility index (Phi) is 21.2. The minimum atomic E-state index is -5.87. The largest absolute Gasteiger partial charge is 0.743 e. The quantitative estimate of drug-likeness (QED) is 0.0429. The fourth-order valence-corrected chi connectivity index (χ4v) is 10.0. The van der Waals surface area contributed by atoms with Crippen molar-refractivity contribution in [2.45, 2.75) is 91.0 Å². The van der Waals surface area contributed by atoms with Crippen LogP contribution >= 0.6 is 0 Å². The van der Waals surface area contributed by atoms with E-state index in [2.05, 4.69) is 186 Å². The second-order valence-electron chi connectivity index (χ2n) is 17.8. The molecule has 0 saturated carbocycles. The van der Waals surface area contributed by atoms with Gasteiger partial charge in [0.1, 0.15) is 0 Å². The fraction of sp³-hybridized carbons (Fsp3) is 0.283. The number of carbonyl (C=O) groups excluding carboxylic acids is 1. The van der Waals surface area contributed by atoms with E-state index >= 15 is 0 Å². The highest BCUT2D eigenvalue weighted by atomic mass is 127. The highest BCUT2D eigenvalue weighted by Gasteiger charge is 2.56. The summed E-state index contributed by atoms with van der Waals surface area (Å²) in [6.45, 7) is 12.0. The van der Waals surface area contributed by atoms with Crippen molar-refractivity contribution in [2.24, 2.45) is 0 Å². The van der Waals surface area contributed by atoms with Gasteiger partial charge < -0.3 is 24.4 Å². The van der Waals surface area contributed by atoms with Gasteiger partial charge >= 0.3 is 44.6 Å². The van der Waals surface area contributed by atoms with Crippen molar-refractivity contribution in [3.8, 4) is 0 Å². The summed E-state index contributed by atoms with van der Waals surface area (Å²) in [6, 6.07) is 56.3. The normalized spacial score (nSPS) is 12.6. The van der Waals surface area contributed by atoms with E-state index in [1.54, 1.807) is 31.1 Å². The van der Waals surface area contributed by atoms with Gasteiger partial charge in [-0.15, -0.1) is 0 Å². The monoisotopic (exact) mass is 1120 g/mol. The maximum atomic E-state index is 12.8. The number of hydrogen-bond acceptors (Lipinski definition) is 8. The molecule has 17 heteroatoms. The lowest BCUT2D eigenvalue weighted by Gasteiger charge is -2.20.